The second kappa shape index (κ2) is 21.2. The standard InChI is InChI=1S/2C19H29N.C10H18N2.F6P.Ir/c2*1-18(2,3)15-9-7-14(8-10-15)17-13-16(11-12-20-17)19(4,5)6;1-3-7-11-9(5-1)10-6-2-4-8-12-10;1-7(2,3,4,5)6;/h2*7,9-10,16-17H,11-13H2,1-6H3;9-10H,1-8H2;;/q3*-2;-1;. The molecule has 0 aromatic rings. The number of piperidine rings is 4. The van der Waals surface area contributed by atoms with Crippen molar-refractivity contribution in [3.05, 3.63) is 92.2 Å². The summed E-state index contributed by atoms with van der Waals surface area (Å²) in [7, 11) is -10.7. The van der Waals surface area contributed by atoms with Crippen molar-refractivity contribution < 1.29 is 45.3 Å². The Kier molecular flexibility index (Phi) is 19.4. The molecule has 6 aliphatic rings. The van der Waals surface area contributed by atoms with Gasteiger partial charge in [0.15, 0.2) is 0 Å². The van der Waals surface area contributed by atoms with Crippen LogP contribution in [0.1, 0.15) is 147 Å². The molecule has 351 valence electrons. The van der Waals surface area contributed by atoms with E-state index in [1.165, 1.54) is 87.2 Å². The number of hydrogen-bond acceptors (Lipinski definition) is 0. The molecule has 4 heterocycles. The molecule has 0 amide bonds. The van der Waals surface area contributed by atoms with Crippen LogP contribution in [0.5, 0.6) is 0 Å². The van der Waals surface area contributed by atoms with Crippen LogP contribution in [0.3, 0.4) is 0 Å². The summed E-state index contributed by atoms with van der Waals surface area (Å²) in [6.45, 7) is 31.8. The fourth-order valence-corrected chi connectivity index (χ4v) is 8.20. The van der Waals surface area contributed by atoms with E-state index in [4.69, 9.17) is 10.6 Å². The maximum absolute atomic E-state index is 10.7. The first-order chi connectivity index (χ1) is 26.8. The van der Waals surface area contributed by atoms with Gasteiger partial charge in [-0.05, 0) is 22.7 Å². The van der Waals surface area contributed by atoms with Gasteiger partial charge in [-0.1, -0.05) is 158 Å². The molecule has 12 heteroatoms. The first kappa shape index (κ1) is 54.9. The van der Waals surface area contributed by atoms with E-state index >= 15 is 0 Å². The van der Waals surface area contributed by atoms with Crippen LogP contribution in [0.2, 0.25) is 0 Å². The zero-order valence-electron chi connectivity index (χ0n) is 38.7. The van der Waals surface area contributed by atoms with Crippen molar-refractivity contribution in [3.63, 3.8) is 0 Å². The maximum atomic E-state index is 9.87. The average molecular weight is 1050 g/mol. The predicted molar refractivity (Wildman–Crippen MR) is 241 cm³/mol. The van der Waals surface area contributed by atoms with Crippen LogP contribution in [0, 0.1) is 45.3 Å². The minimum Gasteiger partial charge on any atom is 0 e. The van der Waals surface area contributed by atoms with Gasteiger partial charge in [0.1, 0.15) is 0 Å². The number of allylic oxidation sites excluding steroid dienone is 2. The molecule has 0 spiro atoms. The summed E-state index contributed by atoms with van der Waals surface area (Å²) in [6.07, 6.45) is 26.1. The quantitative estimate of drug-likeness (QED) is 0.117. The second-order valence-electron chi connectivity index (χ2n) is 21.5. The van der Waals surface area contributed by atoms with Crippen molar-refractivity contribution in [2.75, 3.05) is 26.2 Å². The molecule has 1 radical (unpaired) electrons. The van der Waals surface area contributed by atoms with E-state index in [0.29, 0.717) is 35.0 Å². The van der Waals surface area contributed by atoms with Gasteiger partial charge in [-0.3, -0.25) is 11.5 Å². The van der Waals surface area contributed by atoms with Crippen LogP contribution < -0.4 is 0 Å². The molecule has 60 heavy (non-hydrogen) atoms. The van der Waals surface area contributed by atoms with Crippen molar-refractivity contribution in [1.29, 1.82) is 0 Å². The second-order valence-corrected chi connectivity index (χ2v) is 23.4. The summed E-state index contributed by atoms with van der Waals surface area (Å²) in [5.74, 6) is 4.23. The molecule has 4 aliphatic heterocycles. The third kappa shape index (κ3) is 21.4. The molecule has 6 rings (SSSR count). The Morgan fingerprint density at radius 3 is 1.08 bits per heavy atom. The van der Waals surface area contributed by atoms with Gasteiger partial charge in [0.05, 0.1) is 0 Å². The molecular weight excluding hydrogens is 970 g/mol. The SMILES string of the molecule is C1CCC(C2CCCC[N-]2)[N-]C1.CC(C)(C)[C-]1C=C=C(C2CC(C(C)(C)C)CC[N-]2)C=C1.CC(C)(C)[C-]1C=C=C(C2CC(C(C)(C)C)CC[N-]2)C=C1.F[P-](F)(F)(F)(F)F.[Ir]. The minimum absolute atomic E-state index is 0. The van der Waals surface area contributed by atoms with E-state index in [9.17, 15) is 25.2 Å². The number of halogens is 6. The Bertz CT molecular complexity index is 1420. The van der Waals surface area contributed by atoms with Crippen LogP contribution in [0.25, 0.3) is 21.3 Å². The topological polar surface area (TPSA) is 56.4 Å². The molecule has 6 atom stereocenters. The van der Waals surface area contributed by atoms with Crippen molar-refractivity contribution in [2.24, 2.45) is 33.5 Å². The summed E-state index contributed by atoms with van der Waals surface area (Å²) in [5, 5.41) is 19.0. The largest absolute Gasteiger partial charge is 0 e. The first-order valence-corrected chi connectivity index (χ1v) is 24.1. The normalized spacial score (nSPS) is 28.8. The summed E-state index contributed by atoms with van der Waals surface area (Å²) >= 11 is 0. The number of hydrogen-bond donors (Lipinski definition) is 0. The maximum Gasteiger partial charge on any atom is 0 e. The Balaban J connectivity index is 0.000000292. The smallest absolute Gasteiger partial charge is 0 e. The molecule has 0 aromatic heterocycles. The van der Waals surface area contributed by atoms with Crippen molar-refractivity contribution in [1.82, 2.24) is 0 Å². The molecule has 0 saturated carbocycles. The van der Waals surface area contributed by atoms with Gasteiger partial charge in [0.2, 0.25) is 0 Å². The molecule has 4 saturated heterocycles. The van der Waals surface area contributed by atoms with Crippen molar-refractivity contribution in [2.45, 2.75) is 171 Å². The third-order valence-electron chi connectivity index (χ3n) is 12.2. The monoisotopic (exact) mass is 1050 g/mol. The van der Waals surface area contributed by atoms with E-state index < -0.39 is 7.81 Å². The minimum atomic E-state index is -10.7. The van der Waals surface area contributed by atoms with Crippen molar-refractivity contribution >= 4 is 7.81 Å². The van der Waals surface area contributed by atoms with Crippen LogP contribution in [-0.4, -0.2) is 50.3 Å². The first-order valence-electron chi connectivity index (χ1n) is 22.0. The fourth-order valence-electron chi connectivity index (χ4n) is 8.20. The van der Waals surface area contributed by atoms with Crippen LogP contribution in [0.15, 0.2) is 59.1 Å². The van der Waals surface area contributed by atoms with E-state index in [2.05, 4.69) is 142 Å². The zero-order chi connectivity index (χ0) is 44.6. The van der Waals surface area contributed by atoms with Gasteiger partial charge >= 0.3 is 33.0 Å². The molecule has 6 unspecified atom stereocenters. The third-order valence-corrected chi connectivity index (χ3v) is 12.2. The van der Waals surface area contributed by atoms with Gasteiger partial charge in [0.25, 0.3) is 0 Å². The Morgan fingerprint density at radius 2 is 0.850 bits per heavy atom. The Morgan fingerprint density at radius 1 is 0.517 bits per heavy atom. The van der Waals surface area contributed by atoms with Crippen LogP contribution in [0.4, 0.5) is 25.2 Å². The number of nitrogens with zero attached hydrogens (tertiary/aromatic N) is 4. The summed E-state index contributed by atoms with van der Waals surface area (Å²) in [4.78, 5) is 0. The van der Waals surface area contributed by atoms with E-state index in [1.807, 2.05) is 0 Å². The Labute approximate surface area is 374 Å². The van der Waals surface area contributed by atoms with E-state index in [0.717, 1.165) is 38.0 Å². The van der Waals surface area contributed by atoms with E-state index in [1.54, 1.807) is 0 Å². The van der Waals surface area contributed by atoms with Crippen molar-refractivity contribution in [3.8, 4) is 0 Å². The molecule has 4 fully saturated rings. The average Bonchev–Trinajstić information content (AvgIpc) is 3.14. The number of rotatable bonds is 3. The van der Waals surface area contributed by atoms with Gasteiger partial charge in [-0.25, -0.2) is 0 Å². The molecule has 2 aliphatic carbocycles. The Hall–Kier alpha value is -1.24. The van der Waals surface area contributed by atoms with Gasteiger partial charge in [-0.15, -0.1) is 73.4 Å². The zero-order valence-corrected chi connectivity index (χ0v) is 42.0. The molecule has 0 N–H and O–H groups in total. The molecular formula is C48H76F6IrN4P-7. The summed E-state index contributed by atoms with van der Waals surface area (Å²) in [6, 6.07) is 1.89. The predicted octanol–water partition coefficient (Wildman–Crippen LogP) is 17.1. The molecule has 0 aromatic carbocycles. The fraction of sp³-hybridized carbons (Fsp3) is 0.750. The van der Waals surface area contributed by atoms with Gasteiger partial charge < -0.3 is 21.3 Å². The summed E-state index contributed by atoms with van der Waals surface area (Å²) < 4.78 is 59.2. The molecule has 4 nitrogen and oxygen atoms in total. The van der Waals surface area contributed by atoms with Crippen LogP contribution >= 0.6 is 7.81 Å². The molecule has 0 bridgehead atoms. The van der Waals surface area contributed by atoms with Gasteiger partial charge in [-0.2, -0.15) is 36.4 Å². The van der Waals surface area contributed by atoms with E-state index in [-0.39, 0.29) is 30.9 Å². The van der Waals surface area contributed by atoms with Gasteiger partial charge in [0, 0.05) is 20.1 Å². The summed E-state index contributed by atoms with van der Waals surface area (Å²) in [5.41, 5.74) is 10.7. The van der Waals surface area contributed by atoms with Crippen LogP contribution in [-0.2, 0) is 20.1 Å².